The van der Waals surface area contributed by atoms with Gasteiger partial charge in [-0.15, -0.1) is 0 Å². The van der Waals surface area contributed by atoms with E-state index in [0.717, 1.165) is 18.3 Å². The Labute approximate surface area is 109 Å². The number of piperazine rings is 1. The molecule has 98 valence electrons. The second kappa shape index (κ2) is 4.81. The number of hydrogen-bond donors (Lipinski definition) is 0. The first kappa shape index (κ1) is 11.8. The van der Waals surface area contributed by atoms with Crippen molar-refractivity contribution in [1.82, 2.24) is 4.90 Å². The van der Waals surface area contributed by atoms with Gasteiger partial charge >= 0.3 is 0 Å². The molecule has 2 aliphatic rings. The highest BCUT2D eigenvalue weighted by Crippen LogP contribution is 2.30. The molecule has 1 aromatic carbocycles. The van der Waals surface area contributed by atoms with Crippen LogP contribution in [0.5, 0.6) is 5.75 Å². The van der Waals surface area contributed by atoms with Crippen LogP contribution >= 0.6 is 0 Å². The van der Waals surface area contributed by atoms with Gasteiger partial charge in [0.25, 0.3) is 0 Å². The van der Waals surface area contributed by atoms with Crippen LogP contribution in [-0.4, -0.2) is 43.7 Å². The lowest BCUT2D eigenvalue weighted by Crippen LogP contribution is -2.55. The van der Waals surface area contributed by atoms with Crippen LogP contribution < -0.4 is 9.64 Å². The van der Waals surface area contributed by atoms with Crippen LogP contribution in [0.3, 0.4) is 0 Å². The molecule has 18 heavy (non-hydrogen) atoms. The number of rotatable bonds is 2. The smallest absolute Gasteiger partial charge is 0.120 e. The van der Waals surface area contributed by atoms with Crippen molar-refractivity contribution in [3.8, 4) is 5.75 Å². The van der Waals surface area contributed by atoms with Crippen molar-refractivity contribution in [2.45, 2.75) is 31.8 Å². The Balaban J connectivity index is 1.81. The van der Waals surface area contributed by atoms with Crippen molar-refractivity contribution < 1.29 is 4.74 Å². The van der Waals surface area contributed by atoms with E-state index in [1.54, 1.807) is 7.11 Å². The molecule has 0 aromatic heterocycles. The molecule has 0 aliphatic carbocycles. The first-order chi connectivity index (χ1) is 8.78. The maximum Gasteiger partial charge on any atom is 0.120 e. The minimum atomic E-state index is 0.589. The van der Waals surface area contributed by atoms with E-state index < -0.39 is 0 Å². The molecule has 2 fully saturated rings. The van der Waals surface area contributed by atoms with Crippen LogP contribution in [0.2, 0.25) is 0 Å². The highest BCUT2D eigenvalue weighted by Gasteiger charge is 2.34. The normalized spacial score (nSPS) is 28.2. The molecule has 2 unspecified atom stereocenters. The maximum atomic E-state index is 5.33. The lowest BCUT2D eigenvalue weighted by Gasteiger charge is -2.43. The van der Waals surface area contributed by atoms with Gasteiger partial charge in [0.1, 0.15) is 5.75 Å². The lowest BCUT2D eigenvalue weighted by atomic mass is 10.1. The second-order valence-electron chi connectivity index (χ2n) is 5.49. The molecule has 3 heteroatoms. The van der Waals surface area contributed by atoms with E-state index in [9.17, 15) is 0 Å². The standard InChI is InChI=1S/C15H22N2O/c1-12-10-16-8-4-6-14(16)11-17(12)13-5-3-7-15(9-13)18-2/h3,5,7,9,12,14H,4,6,8,10-11H2,1-2H3. The molecule has 2 heterocycles. The van der Waals surface area contributed by atoms with Gasteiger partial charge in [0.05, 0.1) is 7.11 Å². The molecular weight excluding hydrogens is 224 g/mol. The highest BCUT2D eigenvalue weighted by atomic mass is 16.5. The Morgan fingerprint density at radius 2 is 2.17 bits per heavy atom. The Bertz CT molecular complexity index is 421. The molecule has 1 aromatic rings. The van der Waals surface area contributed by atoms with Gasteiger partial charge in [0, 0.05) is 36.9 Å². The van der Waals surface area contributed by atoms with E-state index >= 15 is 0 Å². The van der Waals surface area contributed by atoms with Crippen LogP contribution in [0.4, 0.5) is 5.69 Å². The molecule has 3 rings (SSSR count). The topological polar surface area (TPSA) is 15.7 Å². The van der Waals surface area contributed by atoms with E-state index in [2.05, 4.69) is 34.9 Å². The maximum absolute atomic E-state index is 5.33. The minimum Gasteiger partial charge on any atom is -0.497 e. The lowest BCUT2D eigenvalue weighted by molar-refractivity contribution is 0.203. The number of anilines is 1. The fourth-order valence-electron chi connectivity index (χ4n) is 3.34. The molecule has 0 bridgehead atoms. The number of nitrogens with zero attached hydrogens (tertiary/aromatic N) is 2. The van der Waals surface area contributed by atoms with Gasteiger partial charge in [0.15, 0.2) is 0 Å². The summed E-state index contributed by atoms with van der Waals surface area (Å²) in [5.41, 5.74) is 1.30. The third-order valence-electron chi connectivity index (χ3n) is 4.32. The number of ether oxygens (including phenoxy) is 1. The first-order valence-electron chi connectivity index (χ1n) is 6.92. The highest BCUT2D eigenvalue weighted by molar-refractivity contribution is 5.52. The third kappa shape index (κ3) is 2.07. The van der Waals surface area contributed by atoms with Crippen LogP contribution in [-0.2, 0) is 0 Å². The van der Waals surface area contributed by atoms with Crippen LogP contribution in [0.15, 0.2) is 24.3 Å². The van der Waals surface area contributed by atoms with E-state index in [0.29, 0.717) is 6.04 Å². The van der Waals surface area contributed by atoms with E-state index in [4.69, 9.17) is 4.74 Å². The quantitative estimate of drug-likeness (QED) is 0.797. The monoisotopic (exact) mass is 246 g/mol. The van der Waals surface area contributed by atoms with Crippen LogP contribution in [0.1, 0.15) is 19.8 Å². The summed E-state index contributed by atoms with van der Waals surface area (Å²) in [4.78, 5) is 5.19. The number of hydrogen-bond acceptors (Lipinski definition) is 3. The Morgan fingerprint density at radius 1 is 1.28 bits per heavy atom. The molecule has 0 saturated carbocycles. The predicted octanol–water partition coefficient (Wildman–Crippen LogP) is 2.37. The zero-order chi connectivity index (χ0) is 12.5. The summed E-state index contributed by atoms with van der Waals surface area (Å²) < 4.78 is 5.33. The van der Waals surface area contributed by atoms with Crippen LogP contribution in [0.25, 0.3) is 0 Å². The van der Waals surface area contributed by atoms with E-state index in [1.807, 2.05) is 6.07 Å². The Hall–Kier alpha value is -1.22. The van der Waals surface area contributed by atoms with Crippen molar-refractivity contribution in [3.05, 3.63) is 24.3 Å². The fourth-order valence-corrected chi connectivity index (χ4v) is 3.34. The SMILES string of the molecule is COc1cccc(N2CC3CCCN3CC2C)c1. The van der Waals surface area contributed by atoms with Gasteiger partial charge < -0.3 is 9.64 Å². The molecule has 2 atom stereocenters. The summed E-state index contributed by atoms with van der Waals surface area (Å²) in [5.74, 6) is 0.952. The number of benzene rings is 1. The second-order valence-corrected chi connectivity index (χ2v) is 5.49. The summed E-state index contributed by atoms with van der Waals surface area (Å²) in [6.45, 7) is 5.98. The van der Waals surface area contributed by atoms with Crippen molar-refractivity contribution in [1.29, 1.82) is 0 Å². The fraction of sp³-hybridized carbons (Fsp3) is 0.600. The van der Waals surface area contributed by atoms with Crippen molar-refractivity contribution in [2.24, 2.45) is 0 Å². The summed E-state index contributed by atoms with van der Waals surface area (Å²) in [6.07, 6.45) is 2.72. The minimum absolute atomic E-state index is 0.589. The van der Waals surface area contributed by atoms with Crippen LogP contribution in [0, 0.1) is 0 Å². The van der Waals surface area contributed by atoms with Gasteiger partial charge in [-0.25, -0.2) is 0 Å². The molecule has 2 saturated heterocycles. The average Bonchev–Trinajstić information content (AvgIpc) is 2.85. The summed E-state index contributed by atoms with van der Waals surface area (Å²) in [6, 6.07) is 9.80. The molecule has 0 N–H and O–H groups in total. The van der Waals surface area contributed by atoms with Gasteiger partial charge in [-0.1, -0.05) is 6.07 Å². The van der Waals surface area contributed by atoms with Gasteiger partial charge in [-0.3, -0.25) is 4.90 Å². The zero-order valence-electron chi connectivity index (χ0n) is 11.3. The molecular formula is C15H22N2O. The third-order valence-corrected chi connectivity index (χ3v) is 4.32. The number of methoxy groups -OCH3 is 1. The molecule has 2 aliphatic heterocycles. The summed E-state index contributed by atoms with van der Waals surface area (Å²) >= 11 is 0. The van der Waals surface area contributed by atoms with Gasteiger partial charge in [0.2, 0.25) is 0 Å². The Kier molecular flexibility index (Phi) is 3.16. The predicted molar refractivity (Wildman–Crippen MR) is 74.4 cm³/mol. The zero-order valence-corrected chi connectivity index (χ0v) is 11.3. The van der Waals surface area contributed by atoms with E-state index in [1.165, 1.54) is 31.6 Å². The largest absolute Gasteiger partial charge is 0.497 e. The Morgan fingerprint density at radius 3 is 3.00 bits per heavy atom. The average molecular weight is 246 g/mol. The summed E-state index contributed by atoms with van der Waals surface area (Å²) in [5, 5.41) is 0. The summed E-state index contributed by atoms with van der Waals surface area (Å²) in [7, 11) is 1.73. The van der Waals surface area contributed by atoms with Gasteiger partial charge in [-0.2, -0.15) is 0 Å². The first-order valence-corrected chi connectivity index (χ1v) is 6.92. The molecule has 0 spiro atoms. The number of fused-ring (bicyclic) bond motifs is 1. The molecule has 0 radical (unpaired) electrons. The molecule has 0 amide bonds. The van der Waals surface area contributed by atoms with E-state index in [-0.39, 0.29) is 0 Å². The van der Waals surface area contributed by atoms with Crippen molar-refractivity contribution in [3.63, 3.8) is 0 Å². The van der Waals surface area contributed by atoms with Crippen molar-refractivity contribution in [2.75, 3.05) is 31.6 Å². The molecule has 3 nitrogen and oxygen atoms in total. The van der Waals surface area contributed by atoms with Crippen molar-refractivity contribution >= 4 is 5.69 Å². The van der Waals surface area contributed by atoms with Gasteiger partial charge in [-0.05, 0) is 38.4 Å².